The van der Waals surface area contributed by atoms with E-state index in [-0.39, 0.29) is 17.3 Å². The van der Waals surface area contributed by atoms with Gasteiger partial charge < -0.3 is 15.5 Å². The minimum absolute atomic E-state index is 0.0538. The second kappa shape index (κ2) is 10.2. The average molecular weight is 432 g/mol. The lowest BCUT2D eigenvalue weighted by Gasteiger charge is -2.16. The van der Waals surface area contributed by atoms with Gasteiger partial charge in [0.2, 0.25) is 15.9 Å². The monoisotopic (exact) mass is 431 g/mol. The molecule has 2 aromatic carbocycles. The normalized spacial score (nSPS) is 11.8. The molecule has 0 atom stereocenters. The van der Waals surface area contributed by atoms with Crippen LogP contribution in [0.25, 0.3) is 0 Å². The fraction of sp³-hybridized carbons (Fsp3) is 0.333. The van der Waals surface area contributed by atoms with Gasteiger partial charge in [0, 0.05) is 20.6 Å². The number of nitrogens with zero attached hydrogens (tertiary/aromatic N) is 2. The van der Waals surface area contributed by atoms with E-state index in [9.17, 15) is 13.2 Å². The molecule has 4 N–H and O–H groups in total. The molecular weight excluding hydrogens is 402 g/mol. The van der Waals surface area contributed by atoms with Gasteiger partial charge in [0.05, 0.1) is 18.0 Å². The van der Waals surface area contributed by atoms with Crippen molar-refractivity contribution in [1.82, 2.24) is 15.5 Å². The Hall–Kier alpha value is -2.91. The highest BCUT2D eigenvalue weighted by molar-refractivity contribution is 7.89. The molecule has 0 fully saturated rings. The lowest BCUT2D eigenvalue weighted by atomic mass is 10.1. The smallest absolute Gasteiger partial charge is 0.241 e. The molecule has 162 valence electrons. The number of nitrogens with two attached hydrogens (primary N) is 1. The van der Waals surface area contributed by atoms with E-state index in [4.69, 9.17) is 5.14 Å². The van der Waals surface area contributed by atoms with E-state index in [1.807, 2.05) is 6.92 Å². The second-order valence-electron chi connectivity index (χ2n) is 7.28. The van der Waals surface area contributed by atoms with Crippen LogP contribution in [-0.2, 0) is 27.9 Å². The summed E-state index contributed by atoms with van der Waals surface area (Å²) in [6.07, 6.45) is 0. The summed E-state index contributed by atoms with van der Waals surface area (Å²) in [5.41, 5.74) is 4.31. The third-order valence-corrected chi connectivity index (χ3v) is 5.45. The van der Waals surface area contributed by atoms with Crippen molar-refractivity contribution < 1.29 is 13.2 Å². The highest BCUT2D eigenvalue weighted by atomic mass is 32.2. The van der Waals surface area contributed by atoms with Gasteiger partial charge in [0.1, 0.15) is 0 Å². The SMILES string of the molecule is Cc1ccc(CNC(=NCc2ccc(S(N)(=O)=O)cc2)NCC(=O)N(C)C)c(C)c1. The molecule has 0 radical (unpaired) electrons. The van der Waals surface area contributed by atoms with Gasteiger partial charge in [-0.1, -0.05) is 35.9 Å². The summed E-state index contributed by atoms with van der Waals surface area (Å²) in [7, 11) is -0.343. The van der Waals surface area contributed by atoms with Gasteiger partial charge in [-0.15, -0.1) is 0 Å². The van der Waals surface area contributed by atoms with Crippen LogP contribution in [0.4, 0.5) is 0 Å². The van der Waals surface area contributed by atoms with Gasteiger partial charge in [-0.3, -0.25) is 4.79 Å². The van der Waals surface area contributed by atoms with E-state index in [1.165, 1.54) is 28.2 Å². The maximum atomic E-state index is 11.9. The number of guanidine groups is 1. The molecule has 2 aromatic rings. The third-order valence-electron chi connectivity index (χ3n) is 4.52. The highest BCUT2D eigenvalue weighted by Crippen LogP contribution is 2.11. The van der Waals surface area contributed by atoms with Gasteiger partial charge >= 0.3 is 0 Å². The van der Waals surface area contributed by atoms with Crippen LogP contribution >= 0.6 is 0 Å². The number of rotatable bonds is 7. The molecule has 0 spiro atoms. The van der Waals surface area contributed by atoms with Crippen molar-refractivity contribution in [2.45, 2.75) is 31.8 Å². The fourth-order valence-corrected chi connectivity index (χ4v) is 3.19. The molecule has 0 aromatic heterocycles. The molecule has 2 rings (SSSR count). The first-order valence-corrected chi connectivity index (χ1v) is 11.0. The van der Waals surface area contributed by atoms with Crippen molar-refractivity contribution in [1.29, 1.82) is 0 Å². The molecule has 0 aliphatic heterocycles. The lowest BCUT2D eigenvalue weighted by molar-refractivity contribution is -0.127. The quantitative estimate of drug-likeness (QED) is 0.451. The number of aliphatic imine (C=N–C) groups is 1. The molecule has 0 heterocycles. The van der Waals surface area contributed by atoms with E-state index in [1.54, 1.807) is 26.2 Å². The first-order valence-electron chi connectivity index (χ1n) is 9.46. The van der Waals surface area contributed by atoms with Crippen molar-refractivity contribution in [3.63, 3.8) is 0 Å². The Morgan fingerprint density at radius 3 is 2.30 bits per heavy atom. The van der Waals surface area contributed by atoms with Crippen molar-refractivity contribution in [3.8, 4) is 0 Å². The number of carbonyl (C=O) groups is 1. The predicted molar refractivity (Wildman–Crippen MR) is 118 cm³/mol. The van der Waals surface area contributed by atoms with Crippen LogP contribution in [0.15, 0.2) is 52.4 Å². The molecular formula is C21H29N5O3S. The summed E-state index contributed by atoms with van der Waals surface area (Å²) >= 11 is 0. The van der Waals surface area contributed by atoms with Gasteiger partial charge in [0.25, 0.3) is 0 Å². The molecule has 30 heavy (non-hydrogen) atoms. The van der Waals surface area contributed by atoms with Crippen LogP contribution in [0.5, 0.6) is 0 Å². The fourth-order valence-electron chi connectivity index (χ4n) is 2.67. The number of primary sulfonamides is 1. The largest absolute Gasteiger partial charge is 0.352 e. The van der Waals surface area contributed by atoms with Gasteiger partial charge in [0.15, 0.2) is 5.96 Å². The van der Waals surface area contributed by atoms with Crippen molar-refractivity contribution in [3.05, 3.63) is 64.7 Å². The van der Waals surface area contributed by atoms with Gasteiger partial charge in [-0.05, 0) is 42.7 Å². The topological polar surface area (TPSA) is 117 Å². The van der Waals surface area contributed by atoms with E-state index in [0.717, 1.165) is 11.1 Å². The Balaban J connectivity index is 2.12. The molecule has 0 aliphatic carbocycles. The Morgan fingerprint density at radius 1 is 1.07 bits per heavy atom. The summed E-state index contributed by atoms with van der Waals surface area (Å²) in [4.78, 5) is 18.0. The van der Waals surface area contributed by atoms with E-state index in [2.05, 4.69) is 40.7 Å². The minimum atomic E-state index is -3.73. The molecule has 1 amide bonds. The number of carbonyl (C=O) groups excluding carboxylic acids is 1. The number of nitrogens with one attached hydrogen (secondary N) is 2. The van der Waals surface area contributed by atoms with Crippen LogP contribution in [0.1, 0.15) is 22.3 Å². The zero-order chi connectivity index (χ0) is 22.3. The van der Waals surface area contributed by atoms with Crippen LogP contribution < -0.4 is 15.8 Å². The Labute approximate surface area is 178 Å². The number of hydrogen-bond donors (Lipinski definition) is 3. The maximum absolute atomic E-state index is 11.9. The van der Waals surface area contributed by atoms with Crippen molar-refractivity contribution in [2.75, 3.05) is 20.6 Å². The summed E-state index contributed by atoms with van der Waals surface area (Å²) < 4.78 is 22.8. The number of aryl methyl sites for hydroxylation is 2. The molecule has 0 unspecified atom stereocenters. The predicted octanol–water partition coefficient (Wildman–Crippen LogP) is 1.27. The Bertz CT molecular complexity index is 1020. The maximum Gasteiger partial charge on any atom is 0.241 e. The van der Waals surface area contributed by atoms with E-state index < -0.39 is 10.0 Å². The second-order valence-corrected chi connectivity index (χ2v) is 8.84. The number of hydrogen-bond acceptors (Lipinski definition) is 4. The van der Waals surface area contributed by atoms with Gasteiger partial charge in [-0.25, -0.2) is 18.5 Å². The number of amides is 1. The zero-order valence-electron chi connectivity index (χ0n) is 17.8. The van der Waals surface area contributed by atoms with E-state index in [0.29, 0.717) is 19.0 Å². The molecule has 8 nitrogen and oxygen atoms in total. The summed E-state index contributed by atoms with van der Waals surface area (Å²) in [6.45, 7) is 5.07. The molecule has 0 saturated carbocycles. The van der Waals surface area contributed by atoms with Crippen LogP contribution in [-0.4, -0.2) is 45.8 Å². The van der Waals surface area contributed by atoms with Crippen LogP contribution in [0, 0.1) is 13.8 Å². The minimum Gasteiger partial charge on any atom is -0.352 e. The summed E-state index contributed by atoms with van der Waals surface area (Å²) in [5, 5.41) is 11.4. The van der Waals surface area contributed by atoms with Crippen molar-refractivity contribution >= 4 is 21.9 Å². The first-order chi connectivity index (χ1) is 14.1. The number of likely N-dealkylation sites (N-methyl/N-ethyl adjacent to an activating group) is 1. The summed E-state index contributed by atoms with van der Waals surface area (Å²) in [5.74, 6) is 0.411. The third kappa shape index (κ3) is 7.16. The van der Waals surface area contributed by atoms with Crippen LogP contribution in [0.3, 0.4) is 0 Å². The zero-order valence-corrected chi connectivity index (χ0v) is 18.6. The summed E-state index contributed by atoms with van der Waals surface area (Å²) in [6, 6.07) is 12.5. The molecule has 0 bridgehead atoms. The van der Waals surface area contributed by atoms with Gasteiger partial charge in [-0.2, -0.15) is 0 Å². The standard InChI is InChI=1S/C21H29N5O3S/c1-15-5-8-18(16(2)11-15)13-24-21(25-14-20(27)26(3)4)23-12-17-6-9-19(10-7-17)30(22,28)29/h5-11H,12-14H2,1-4H3,(H2,22,28,29)(H2,23,24,25). The Kier molecular flexibility index (Phi) is 7.96. The van der Waals surface area contributed by atoms with Crippen molar-refractivity contribution in [2.24, 2.45) is 10.1 Å². The highest BCUT2D eigenvalue weighted by Gasteiger charge is 2.09. The number of benzene rings is 2. The molecule has 0 saturated heterocycles. The lowest BCUT2D eigenvalue weighted by Crippen LogP contribution is -2.42. The Morgan fingerprint density at radius 2 is 1.73 bits per heavy atom. The number of sulfonamides is 1. The van der Waals surface area contributed by atoms with Crippen LogP contribution in [0.2, 0.25) is 0 Å². The molecule has 0 aliphatic rings. The average Bonchev–Trinajstić information content (AvgIpc) is 2.67. The van der Waals surface area contributed by atoms with E-state index >= 15 is 0 Å². The first kappa shape index (κ1) is 23.4. The molecule has 9 heteroatoms.